The van der Waals surface area contributed by atoms with E-state index in [4.69, 9.17) is 28.3 Å². The highest BCUT2D eigenvalue weighted by Gasteiger charge is 2.39. The minimum absolute atomic E-state index is 0.0350. The molecule has 3 atom stereocenters. The summed E-state index contributed by atoms with van der Waals surface area (Å²) < 4.78 is 31.2. The third-order valence-corrected chi connectivity index (χ3v) is 7.77. The van der Waals surface area contributed by atoms with Crippen LogP contribution in [-0.2, 0) is 26.1 Å². The van der Waals surface area contributed by atoms with Crippen molar-refractivity contribution >= 4 is 29.1 Å². The molecule has 3 aromatic rings. The van der Waals surface area contributed by atoms with Gasteiger partial charge in [0.25, 0.3) is 5.91 Å². The van der Waals surface area contributed by atoms with E-state index in [1.807, 2.05) is 23.4 Å². The van der Waals surface area contributed by atoms with Crippen LogP contribution in [0.5, 0.6) is 5.75 Å². The molecule has 2 aliphatic rings. The average Bonchev–Trinajstić information content (AvgIpc) is 3.20. The van der Waals surface area contributed by atoms with Crippen molar-refractivity contribution in [1.29, 1.82) is 0 Å². The summed E-state index contributed by atoms with van der Waals surface area (Å²) in [5.74, 6) is -0.0858. The predicted molar refractivity (Wildman–Crippen MR) is 135 cm³/mol. The summed E-state index contributed by atoms with van der Waals surface area (Å²) in [6.07, 6.45) is -0.387. The Bertz CT molecular complexity index is 1320. The number of aliphatic hydroxyl groups excluding tert-OH is 1. The molecule has 1 unspecified atom stereocenters. The Balaban J connectivity index is 1.39. The Morgan fingerprint density at radius 3 is 2.54 bits per heavy atom. The van der Waals surface area contributed by atoms with E-state index in [2.05, 4.69) is 4.74 Å². The summed E-state index contributed by atoms with van der Waals surface area (Å²) in [6, 6.07) is 11.1. The number of carbonyl (C=O) groups is 1. The Hall–Kier alpha value is -2.72. The van der Waals surface area contributed by atoms with Gasteiger partial charge in [0, 0.05) is 36.2 Å². The molecule has 0 saturated heterocycles. The van der Waals surface area contributed by atoms with Crippen LogP contribution in [0.25, 0.3) is 0 Å². The zero-order chi connectivity index (χ0) is 26.4. The van der Waals surface area contributed by atoms with Crippen LogP contribution in [0, 0.1) is 0 Å². The van der Waals surface area contributed by atoms with Crippen molar-refractivity contribution in [1.82, 2.24) is 19.6 Å². The number of amides is 1. The fourth-order valence-corrected chi connectivity index (χ4v) is 5.39. The second-order valence-corrected chi connectivity index (χ2v) is 10.3. The van der Waals surface area contributed by atoms with E-state index in [-0.39, 0.29) is 23.7 Å². The molecule has 196 valence electrons. The SMILES string of the molecule is C[C@@H]1Cc2nn3c(c2CN1C(=O)c1ccc(Cl)c(Cl)c1)C(O)N(Cc1ccc(OC(F)F)cc1)[C@@H](C)C3. The lowest BCUT2D eigenvalue weighted by Crippen LogP contribution is -2.45. The molecule has 0 radical (unpaired) electrons. The molecule has 7 nitrogen and oxygen atoms in total. The molecule has 37 heavy (non-hydrogen) atoms. The van der Waals surface area contributed by atoms with Crippen LogP contribution in [0.4, 0.5) is 8.78 Å². The average molecular weight is 551 g/mol. The second-order valence-electron chi connectivity index (χ2n) is 9.53. The van der Waals surface area contributed by atoms with Crippen molar-refractivity contribution in [2.75, 3.05) is 0 Å². The van der Waals surface area contributed by atoms with Crippen LogP contribution in [0.15, 0.2) is 42.5 Å². The number of hydrogen-bond donors (Lipinski definition) is 1. The van der Waals surface area contributed by atoms with Gasteiger partial charge in [-0.15, -0.1) is 0 Å². The summed E-state index contributed by atoms with van der Waals surface area (Å²) in [5, 5.41) is 16.9. The third kappa shape index (κ3) is 5.05. The number of nitrogens with zero attached hydrogens (tertiary/aromatic N) is 4. The monoisotopic (exact) mass is 550 g/mol. The van der Waals surface area contributed by atoms with Crippen LogP contribution in [0.1, 0.15) is 52.9 Å². The molecule has 2 aromatic carbocycles. The number of fused-ring (bicyclic) bond motifs is 3. The van der Waals surface area contributed by atoms with E-state index in [0.717, 1.165) is 16.8 Å². The maximum Gasteiger partial charge on any atom is 0.387 e. The number of halogens is 4. The molecule has 0 saturated carbocycles. The van der Waals surface area contributed by atoms with E-state index < -0.39 is 12.8 Å². The summed E-state index contributed by atoms with van der Waals surface area (Å²) in [7, 11) is 0. The maximum absolute atomic E-state index is 13.4. The Labute approximate surface area is 223 Å². The fraction of sp³-hybridized carbons (Fsp3) is 0.385. The quantitative estimate of drug-likeness (QED) is 0.468. The zero-order valence-corrected chi connectivity index (χ0v) is 21.8. The first-order valence-corrected chi connectivity index (χ1v) is 12.7. The molecule has 2 aliphatic heterocycles. The molecule has 0 fully saturated rings. The van der Waals surface area contributed by atoms with Crippen LogP contribution >= 0.6 is 23.2 Å². The van der Waals surface area contributed by atoms with Gasteiger partial charge in [0.2, 0.25) is 0 Å². The van der Waals surface area contributed by atoms with Crippen LogP contribution < -0.4 is 4.74 Å². The largest absolute Gasteiger partial charge is 0.435 e. The lowest BCUT2D eigenvalue weighted by molar-refractivity contribution is -0.0586. The number of aromatic nitrogens is 2. The van der Waals surface area contributed by atoms with E-state index in [1.54, 1.807) is 35.2 Å². The van der Waals surface area contributed by atoms with E-state index in [1.165, 1.54) is 12.1 Å². The molecule has 0 aliphatic carbocycles. The van der Waals surface area contributed by atoms with Crippen LogP contribution in [0.3, 0.4) is 0 Å². The molecule has 1 aromatic heterocycles. The molecule has 0 bridgehead atoms. The highest BCUT2D eigenvalue weighted by Crippen LogP contribution is 2.36. The summed E-state index contributed by atoms with van der Waals surface area (Å²) in [6.45, 7) is 2.38. The summed E-state index contributed by atoms with van der Waals surface area (Å²) in [4.78, 5) is 17.1. The maximum atomic E-state index is 13.4. The second kappa shape index (κ2) is 10.2. The van der Waals surface area contributed by atoms with Crippen molar-refractivity contribution < 1.29 is 23.4 Å². The minimum Gasteiger partial charge on any atom is -0.435 e. The first-order chi connectivity index (χ1) is 17.6. The number of alkyl halides is 2. The minimum atomic E-state index is -2.88. The van der Waals surface area contributed by atoms with Crippen LogP contribution in [-0.4, -0.2) is 49.3 Å². The van der Waals surface area contributed by atoms with Gasteiger partial charge in [0.05, 0.1) is 34.5 Å². The van der Waals surface area contributed by atoms with Gasteiger partial charge in [0.15, 0.2) is 6.23 Å². The summed E-state index contributed by atoms with van der Waals surface area (Å²) >= 11 is 12.2. The van der Waals surface area contributed by atoms with E-state index in [9.17, 15) is 18.7 Å². The topological polar surface area (TPSA) is 70.8 Å². The van der Waals surface area contributed by atoms with Gasteiger partial charge in [-0.2, -0.15) is 13.9 Å². The van der Waals surface area contributed by atoms with Gasteiger partial charge in [0.1, 0.15) is 5.75 Å². The first-order valence-electron chi connectivity index (χ1n) is 11.9. The van der Waals surface area contributed by atoms with Gasteiger partial charge in [-0.25, -0.2) is 0 Å². The highest BCUT2D eigenvalue weighted by atomic mass is 35.5. The summed E-state index contributed by atoms with van der Waals surface area (Å²) in [5.41, 5.74) is 3.68. The van der Waals surface area contributed by atoms with Gasteiger partial charge < -0.3 is 14.7 Å². The van der Waals surface area contributed by atoms with Crippen molar-refractivity contribution in [2.24, 2.45) is 0 Å². The number of hydrogen-bond acceptors (Lipinski definition) is 5. The Morgan fingerprint density at radius 2 is 1.86 bits per heavy atom. The predicted octanol–water partition coefficient (Wildman–Crippen LogP) is 5.27. The highest BCUT2D eigenvalue weighted by molar-refractivity contribution is 6.42. The van der Waals surface area contributed by atoms with Crippen molar-refractivity contribution in [2.45, 2.75) is 64.8 Å². The molecule has 11 heteroatoms. The van der Waals surface area contributed by atoms with Gasteiger partial charge >= 0.3 is 6.61 Å². The Morgan fingerprint density at radius 1 is 1.14 bits per heavy atom. The fourth-order valence-electron chi connectivity index (χ4n) is 5.09. The number of carbonyl (C=O) groups excluding carboxylic acids is 1. The van der Waals surface area contributed by atoms with Crippen molar-refractivity contribution in [3.63, 3.8) is 0 Å². The molecular formula is C26H26Cl2F2N4O3. The standard InChI is InChI=1S/C26H26Cl2F2N4O3/c1-14-9-22-19(13-33(14)24(35)17-5-8-20(27)21(28)10-17)23-25(36)32(15(2)11-34(23)31-22)12-16-3-6-18(7-4-16)37-26(29)30/h3-8,10,14-15,25-26,36H,9,11-13H2,1-2H3/t14-,15+,25?/m1/s1. The molecule has 1 amide bonds. The molecule has 0 spiro atoms. The zero-order valence-electron chi connectivity index (χ0n) is 20.2. The number of ether oxygens (including phenoxy) is 1. The molecule has 1 N–H and O–H groups in total. The van der Waals surface area contributed by atoms with Crippen LogP contribution in [0.2, 0.25) is 10.0 Å². The molecule has 3 heterocycles. The lowest BCUT2D eigenvalue weighted by Gasteiger charge is -2.39. The first kappa shape index (κ1) is 25.9. The Kier molecular flexibility index (Phi) is 7.15. The smallest absolute Gasteiger partial charge is 0.387 e. The van der Waals surface area contributed by atoms with E-state index >= 15 is 0 Å². The number of rotatable bonds is 5. The van der Waals surface area contributed by atoms with Crippen molar-refractivity contribution in [3.05, 3.63) is 80.6 Å². The normalized spacial score (nSPS) is 21.6. The number of aliphatic hydroxyl groups is 1. The van der Waals surface area contributed by atoms with Crippen molar-refractivity contribution in [3.8, 4) is 5.75 Å². The third-order valence-electron chi connectivity index (χ3n) is 7.03. The molecule has 5 rings (SSSR count). The molecular weight excluding hydrogens is 525 g/mol. The van der Waals surface area contributed by atoms with Gasteiger partial charge in [-0.05, 0) is 49.7 Å². The number of benzene rings is 2. The lowest BCUT2D eigenvalue weighted by atomic mass is 9.97. The van der Waals surface area contributed by atoms with Gasteiger partial charge in [-0.1, -0.05) is 35.3 Å². The van der Waals surface area contributed by atoms with Gasteiger partial charge in [-0.3, -0.25) is 14.4 Å². The van der Waals surface area contributed by atoms with E-state index in [0.29, 0.717) is 47.4 Å².